The third kappa shape index (κ3) is 4.39. The maximum atomic E-state index is 12.7. The van der Waals surface area contributed by atoms with Crippen LogP contribution in [0.25, 0.3) is 0 Å². The van der Waals surface area contributed by atoms with Crippen molar-refractivity contribution in [1.29, 1.82) is 0 Å². The zero-order valence-electron chi connectivity index (χ0n) is 15.8. The Bertz CT molecular complexity index is 866. The molecule has 2 aromatic rings. The number of carbonyl (C=O) groups excluding carboxylic acids is 2. The van der Waals surface area contributed by atoms with Gasteiger partial charge in [0.2, 0.25) is 5.91 Å². The van der Waals surface area contributed by atoms with Gasteiger partial charge >= 0.3 is 5.97 Å². The van der Waals surface area contributed by atoms with Gasteiger partial charge in [0.1, 0.15) is 0 Å². The molecule has 2 N–H and O–H groups in total. The van der Waals surface area contributed by atoms with E-state index in [4.69, 9.17) is 0 Å². The van der Waals surface area contributed by atoms with Crippen LogP contribution >= 0.6 is 0 Å². The summed E-state index contributed by atoms with van der Waals surface area (Å²) in [4.78, 5) is 37.8. The molecule has 28 heavy (non-hydrogen) atoms. The second-order valence-electron chi connectivity index (χ2n) is 7.04. The molecule has 1 aliphatic heterocycles. The molecule has 3 rings (SSSR count). The second kappa shape index (κ2) is 8.69. The summed E-state index contributed by atoms with van der Waals surface area (Å²) in [6.45, 7) is 0.643. The standard InChI is InChI=1S/C22H24N2O4/c1-23-21(26)17-9-5-6-15(12-17)10-11-20(25)24-13-18(19(14-24)22(27)28)16-7-3-2-4-8-16/h2-9,12,18-19H,10-11,13-14H2,1H3,(H,23,26)(H,27,28). The van der Waals surface area contributed by atoms with Crippen LogP contribution < -0.4 is 5.32 Å². The number of likely N-dealkylation sites (tertiary alicyclic amines) is 1. The Morgan fingerprint density at radius 3 is 2.50 bits per heavy atom. The van der Waals surface area contributed by atoms with Crippen molar-refractivity contribution < 1.29 is 19.5 Å². The number of amides is 2. The maximum absolute atomic E-state index is 12.7. The van der Waals surface area contributed by atoms with Gasteiger partial charge in [-0.25, -0.2) is 0 Å². The van der Waals surface area contributed by atoms with E-state index in [1.165, 1.54) is 0 Å². The lowest BCUT2D eigenvalue weighted by atomic mass is 9.89. The summed E-state index contributed by atoms with van der Waals surface area (Å²) in [5.74, 6) is -1.89. The number of carboxylic acids is 1. The fourth-order valence-electron chi connectivity index (χ4n) is 3.72. The number of benzene rings is 2. The third-order valence-corrected chi connectivity index (χ3v) is 5.26. The van der Waals surface area contributed by atoms with E-state index in [1.807, 2.05) is 36.4 Å². The van der Waals surface area contributed by atoms with Gasteiger partial charge in [0.15, 0.2) is 0 Å². The molecule has 146 valence electrons. The predicted molar refractivity (Wildman–Crippen MR) is 105 cm³/mol. The first-order valence-corrected chi connectivity index (χ1v) is 9.36. The van der Waals surface area contributed by atoms with Gasteiger partial charge in [-0.15, -0.1) is 0 Å². The van der Waals surface area contributed by atoms with Crippen molar-refractivity contribution in [2.75, 3.05) is 20.1 Å². The van der Waals surface area contributed by atoms with Crippen molar-refractivity contribution in [3.63, 3.8) is 0 Å². The SMILES string of the molecule is CNC(=O)c1cccc(CCC(=O)N2CC(C(=O)O)C(c3ccccc3)C2)c1. The molecule has 0 saturated carbocycles. The Morgan fingerprint density at radius 1 is 1.07 bits per heavy atom. The van der Waals surface area contributed by atoms with E-state index in [1.54, 1.807) is 30.1 Å². The lowest BCUT2D eigenvalue weighted by Crippen LogP contribution is -2.30. The summed E-state index contributed by atoms with van der Waals surface area (Å²) in [5.41, 5.74) is 2.41. The topological polar surface area (TPSA) is 86.7 Å². The lowest BCUT2D eigenvalue weighted by molar-refractivity contribution is -0.141. The van der Waals surface area contributed by atoms with Gasteiger partial charge in [0.25, 0.3) is 5.91 Å². The molecule has 0 radical (unpaired) electrons. The van der Waals surface area contributed by atoms with E-state index in [2.05, 4.69) is 5.32 Å². The molecule has 0 aromatic heterocycles. The summed E-state index contributed by atoms with van der Waals surface area (Å²) in [6, 6.07) is 16.7. The van der Waals surface area contributed by atoms with E-state index >= 15 is 0 Å². The molecule has 2 amide bonds. The first kappa shape index (κ1) is 19.6. The number of aliphatic carboxylic acids is 1. The fraction of sp³-hybridized carbons (Fsp3) is 0.318. The van der Waals surface area contributed by atoms with Crippen LogP contribution in [0.4, 0.5) is 0 Å². The smallest absolute Gasteiger partial charge is 0.308 e. The maximum Gasteiger partial charge on any atom is 0.308 e. The monoisotopic (exact) mass is 380 g/mol. The van der Waals surface area contributed by atoms with Crippen LogP contribution in [0.3, 0.4) is 0 Å². The minimum Gasteiger partial charge on any atom is -0.481 e. The Kier molecular flexibility index (Phi) is 6.09. The zero-order chi connectivity index (χ0) is 20.1. The number of nitrogens with one attached hydrogen (secondary N) is 1. The van der Waals surface area contributed by atoms with Crippen LogP contribution in [-0.4, -0.2) is 47.9 Å². The van der Waals surface area contributed by atoms with Gasteiger partial charge in [-0.05, 0) is 29.7 Å². The van der Waals surface area contributed by atoms with Crippen LogP contribution in [0.15, 0.2) is 54.6 Å². The van der Waals surface area contributed by atoms with Gasteiger partial charge < -0.3 is 15.3 Å². The van der Waals surface area contributed by atoms with E-state index in [0.717, 1.165) is 11.1 Å². The fourth-order valence-corrected chi connectivity index (χ4v) is 3.72. The molecule has 2 atom stereocenters. The number of hydrogen-bond acceptors (Lipinski definition) is 3. The highest BCUT2D eigenvalue weighted by Crippen LogP contribution is 2.33. The summed E-state index contributed by atoms with van der Waals surface area (Å²) in [5, 5.41) is 12.2. The number of rotatable bonds is 6. The van der Waals surface area contributed by atoms with Gasteiger partial charge in [0, 0.05) is 38.0 Å². The number of carbonyl (C=O) groups is 3. The molecule has 6 heteroatoms. The second-order valence-corrected chi connectivity index (χ2v) is 7.04. The van der Waals surface area contributed by atoms with Crippen LogP contribution in [0.1, 0.15) is 33.8 Å². The Balaban J connectivity index is 1.65. The summed E-state index contributed by atoms with van der Waals surface area (Å²) in [6.07, 6.45) is 0.791. The Labute approximate surface area is 164 Å². The number of nitrogens with zero attached hydrogens (tertiary/aromatic N) is 1. The van der Waals surface area contributed by atoms with E-state index in [-0.39, 0.29) is 30.7 Å². The first-order valence-electron chi connectivity index (χ1n) is 9.36. The van der Waals surface area contributed by atoms with Gasteiger partial charge in [-0.3, -0.25) is 14.4 Å². The van der Waals surface area contributed by atoms with E-state index in [0.29, 0.717) is 18.5 Å². The number of hydrogen-bond donors (Lipinski definition) is 2. The van der Waals surface area contributed by atoms with Crippen molar-refractivity contribution in [3.05, 3.63) is 71.3 Å². The van der Waals surface area contributed by atoms with Crippen LogP contribution in [0.5, 0.6) is 0 Å². The molecule has 2 aromatic carbocycles. The van der Waals surface area contributed by atoms with E-state index in [9.17, 15) is 19.5 Å². The van der Waals surface area contributed by atoms with Gasteiger partial charge in [0.05, 0.1) is 5.92 Å². The first-order chi connectivity index (χ1) is 13.5. The van der Waals surface area contributed by atoms with Crippen LogP contribution in [0, 0.1) is 5.92 Å². The lowest BCUT2D eigenvalue weighted by Gasteiger charge is -2.16. The molecule has 6 nitrogen and oxygen atoms in total. The zero-order valence-corrected chi connectivity index (χ0v) is 15.8. The van der Waals surface area contributed by atoms with Crippen molar-refractivity contribution in [2.45, 2.75) is 18.8 Å². The van der Waals surface area contributed by atoms with Crippen molar-refractivity contribution in [2.24, 2.45) is 5.92 Å². The molecule has 0 spiro atoms. The molecular weight excluding hydrogens is 356 g/mol. The molecule has 1 aliphatic rings. The largest absolute Gasteiger partial charge is 0.481 e. The molecule has 2 unspecified atom stereocenters. The highest BCUT2D eigenvalue weighted by molar-refractivity contribution is 5.94. The molecule has 1 saturated heterocycles. The third-order valence-electron chi connectivity index (χ3n) is 5.26. The Morgan fingerprint density at radius 2 is 1.82 bits per heavy atom. The minimum atomic E-state index is -0.873. The van der Waals surface area contributed by atoms with Crippen LogP contribution in [0.2, 0.25) is 0 Å². The average Bonchev–Trinajstić information content (AvgIpc) is 3.18. The highest BCUT2D eigenvalue weighted by atomic mass is 16.4. The van der Waals surface area contributed by atoms with Crippen LogP contribution in [-0.2, 0) is 16.0 Å². The molecule has 0 aliphatic carbocycles. The summed E-state index contributed by atoms with van der Waals surface area (Å²) >= 11 is 0. The van der Waals surface area contributed by atoms with Gasteiger partial charge in [-0.1, -0.05) is 42.5 Å². The van der Waals surface area contributed by atoms with Crippen molar-refractivity contribution >= 4 is 17.8 Å². The van der Waals surface area contributed by atoms with Crippen molar-refractivity contribution in [3.8, 4) is 0 Å². The van der Waals surface area contributed by atoms with Crippen molar-refractivity contribution in [1.82, 2.24) is 10.2 Å². The predicted octanol–water partition coefficient (Wildman–Crippen LogP) is 2.31. The quantitative estimate of drug-likeness (QED) is 0.805. The van der Waals surface area contributed by atoms with E-state index < -0.39 is 11.9 Å². The summed E-state index contributed by atoms with van der Waals surface area (Å²) < 4.78 is 0. The number of aryl methyl sites for hydroxylation is 1. The number of carboxylic acid groups (broad SMARTS) is 1. The Hall–Kier alpha value is -3.15. The minimum absolute atomic E-state index is 0.0602. The summed E-state index contributed by atoms with van der Waals surface area (Å²) in [7, 11) is 1.58. The highest BCUT2D eigenvalue weighted by Gasteiger charge is 2.40. The molecule has 1 heterocycles. The van der Waals surface area contributed by atoms with Gasteiger partial charge in [-0.2, -0.15) is 0 Å². The normalized spacial score (nSPS) is 18.7. The molecule has 1 fully saturated rings. The molecule has 0 bridgehead atoms. The molecular formula is C22H24N2O4. The average molecular weight is 380 g/mol.